The van der Waals surface area contributed by atoms with E-state index in [9.17, 15) is 14.4 Å². The van der Waals surface area contributed by atoms with Crippen molar-refractivity contribution in [3.63, 3.8) is 0 Å². The maximum Gasteiger partial charge on any atom is 0.306 e. The number of piperidine rings is 1. The number of hydrogen-bond acceptors (Lipinski definition) is 3. The van der Waals surface area contributed by atoms with E-state index in [2.05, 4.69) is 5.32 Å². The number of carboxylic acids is 1. The second-order valence-corrected chi connectivity index (χ2v) is 6.83. The van der Waals surface area contributed by atoms with E-state index < -0.39 is 5.97 Å². The Balaban J connectivity index is 1.82. The van der Waals surface area contributed by atoms with Crippen molar-refractivity contribution < 1.29 is 19.5 Å². The van der Waals surface area contributed by atoms with Gasteiger partial charge in [-0.2, -0.15) is 0 Å². The molecular weight excluding hydrogens is 296 g/mol. The van der Waals surface area contributed by atoms with E-state index in [0.717, 1.165) is 25.8 Å². The molecule has 0 aromatic heterocycles. The molecule has 0 bridgehead atoms. The molecule has 1 saturated heterocycles. The van der Waals surface area contributed by atoms with Crippen molar-refractivity contribution in [3.8, 4) is 0 Å². The Labute approximate surface area is 137 Å². The molecule has 0 aromatic carbocycles. The molecule has 6 heteroatoms. The summed E-state index contributed by atoms with van der Waals surface area (Å²) in [7, 11) is 0. The summed E-state index contributed by atoms with van der Waals surface area (Å²) in [6.07, 6.45) is 5.71. The quantitative estimate of drug-likeness (QED) is 0.807. The van der Waals surface area contributed by atoms with Crippen molar-refractivity contribution in [3.05, 3.63) is 0 Å². The van der Waals surface area contributed by atoms with Crippen molar-refractivity contribution in [2.24, 2.45) is 11.8 Å². The SMILES string of the molecule is CCCC(=O)NC1CCCN(C(=O)C2CCC(C(=O)O)CC2)C1. The zero-order valence-corrected chi connectivity index (χ0v) is 13.9. The molecule has 6 nitrogen and oxygen atoms in total. The molecule has 1 aliphatic carbocycles. The average Bonchev–Trinajstić information content (AvgIpc) is 2.54. The highest BCUT2D eigenvalue weighted by atomic mass is 16.4. The highest BCUT2D eigenvalue weighted by molar-refractivity contribution is 5.80. The number of likely N-dealkylation sites (tertiary alicyclic amines) is 1. The molecule has 1 heterocycles. The van der Waals surface area contributed by atoms with Crippen LogP contribution in [0.5, 0.6) is 0 Å². The number of nitrogens with zero attached hydrogens (tertiary/aromatic N) is 1. The molecule has 2 aliphatic rings. The lowest BCUT2D eigenvalue weighted by atomic mass is 9.81. The predicted molar refractivity (Wildman–Crippen MR) is 85.7 cm³/mol. The van der Waals surface area contributed by atoms with E-state index in [4.69, 9.17) is 5.11 Å². The lowest BCUT2D eigenvalue weighted by Crippen LogP contribution is -2.51. The molecule has 2 rings (SSSR count). The number of carbonyl (C=O) groups is 3. The number of aliphatic carboxylic acids is 1. The first-order valence-corrected chi connectivity index (χ1v) is 8.82. The molecule has 1 aliphatic heterocycles. The number of nitrogens with one attached hydrogen (secondary N) is 1. The van der Waals surface area contributed by atoms with Crippen LogP contribution in [0.3, 0.4) is 0 Å². The van der Waals surface area contributed by atoms with Gasteiger partial charge in [0, 0.05) is 31.5 Å². The van der Waals surface area contributed by atoms with Crippen LogP contribution in [0, 0.1) is 11.8 Å². The zero-order valence-electron chi connectivity index (χ0n) is 13.9. The van der Waals surface area contributed by atoms with E-state index in [1.165, 1.54) is 0 Å². The van der Waals surface area contributed by atoms with Crippen molar-refractivity contribution in [2.75, 3.05) is 13.1 Å². The molecule has 23 heavy (non-hydrogen) atoms. The Bertz CT molecular complexity index is 444. The van der Waals surface area contributed by atoms with Gasteiger partial charge in [0.15, 0.2) is 0 Å². The summed E-state index contributed by atoms with van der Waals surface area (Å²) in [5.74, 6) is -0.873. The van der Waals surface area contributed by atoms with Gasteiger partial charge in [-0.15, -0.1) is 0 Å². The van der Waals surface area contributed by atoms with Crippen LogP contribution in [0.4, 0.5) is 0 Å². The Morgan fingerprint density at radius 3 is 2.35 bits per heavy atom. The van der Waals surface area contributed by atoms with Crippen LogP contribution in [0.15, 0.2) is 0 Å². The van der Waals surface area contributed by atoms with E-state index >= 15 is 0 Å². The molecular formula is C17H28N2O4. The topological polar surface area (TPSA) is 86.7 Å². The molecule has 2 fully saturated rings. The minimum Gasteiger partial charge on any atom is -0.481 e. The maximum atomic E-state index is 12.7. The van der Waals surface area contributed by atoms with Gasteiger partial charge in [-0.05, 0) is 44.9 Å². The molecule has 1 atom stereocenters. The van der Waals surface area contributed by atoms with Crippen LogP contribution < -0.4 is 5.32 Å². The molecule has 130 valence electrons. The smallest absolute Gasteiger partial charge is 0.306 e. The van der Waals surface area contributed by atoms with E-state index in [0.29, 0.717) is 38.6 Å². The molecule has 0 radical (unpaired) electrons. The molecule has 0 aromatic rings. The highest BCUT2D eigenvalue weighted by Gasteiger charge is 2.33. The van der Waals surface area contributed by atoms with Gasteiger partial charge in [-0.3, -0.25) is 14.4 Å². The van der Waals surface area contributed by atoms with Gasteiger partial charge in [-0.1, -0.05) is 6.92 Å². The van der Waals surface area contributed by atoms with Crippen LogP contribution in [0.25, 0.3) is 0 Å². The predicted octanol–water partition coefficient (Wildman–Crippen LogP) is 1.78. The normalized spacial score (nSPS) is 28.2. The molecule has 2 N–H and O–H groups in total. The first-order valence-electron chi connectivity index (χ1n) is 8.82. The summed E-state index contributed by atoms with van der Waals surface area (Å²) < 4.78 is 0. The van der Waals surface area contributed by atoms with E-state index in [1.807, 2.05) is 11.8 Å². The number of rotatable bonds is 5. The van der Waals surface area contributed by atoms with Gasteiger partial charge in [-0.25, -0.2) is 0 Å². The van der Waals surface area contributed by atoms with Crippen LogP contribution in [0.1, 0.15) is 58.3 Å². The lowest BCUT2D eigenvalue weighted by molar-refractivity contribution is -0.146. The monoisotopic (exact) mass is 324 g/mol. The van der Waals surface area contributed by atoms with Crippen molar-refractivity contribution >= 4 is 17.8 Å². The fraction of sp³-hybridized carbons (Fsp3) is 0.824. The first kappa shape index (κ1) is 17.8. The van der Waals surface area contributed by atoms with Crippen LogP contribution in [-0.2, 0) is 14.4 Å². The molecule has 1 unspecified atom stereocenters. The first-order chi connectivity index (χ1) is 11.0. The fourth-order valence-corrected chi connectivity index (χ4v) is 3.67. The summed E-state index contributed by atoms with van der Waals surface area (Å²) in [4.78, 5) is 37.2. The van der Waals surface area contributed by atoms with Gasteiger partial charge in [0.05, 0.1) is 5.92 Å². The molecule has 0 spiro atoms. The van der Waals surface area contributed by atoms with Gasteiger partial charge in [0.1, 0.15) is 0 Å². The fourth-order valence-electron chi connectivity index (χ4n) is 3.67. The van der Waals surface area contributed by atoms with Crippen molar-refractivity contribution in [2.45, 2.75) is 64.3 Å². The molecule has 1 saturated carbocycles. The Kier molecular flexibility index (Phi) is 6.42. The Morgan fingerprint density at radius 2 is 1.74 bits per heavy atom. The van der Waals surface area contributed by atoms with E-state index in [-0.39, 0.29) is 29.7 Å². The summed E-state index contributed by atoms with van der Waals surface area (Å²) in [6.45, 7) is 3.31. The number of carbonyl (C=O) groups excluding carboxylic acids is 2. The van der Waals surface area contributed by atoms with Crippen LogP contribution in [0.2, 0.25) is 0 Å². The number of amides is 2. The second-order valence-electron chi connectivity index (χ2n) is 6.83. The van der Waals surface area contributed by atoms with Crippen LogP contribution in [-0.4, -0.2) is 46.9 Å². The highest BCUT2D eigenvalue weighted by Crippen LogP contribution is 2.30. The second kappa shape index (κ2) is 8.31. The summed E-state index contributed by atoms with van der Waals surface area (Å²) in [6, 6.07) is 0.0575. The summed E-state index contributed by atoms with van der Waals surface area (Å²) in [5.41, 5.74) is 0. The summed E-state index contributed by atoms with van der Waals surface area (Å²) >= 11 is 0. The third-order valence-electron chi connectivity index (χ3n) is 5.00. The lowest BCUT2D eigenvalue weighted by Gasteiger charge is -2.36. The third kappa shape index (κ3) is 4.94. The minimum absolute atomic E-state index is 0.0457. The van der Waals surface area contributed by atoms with Gasteiger partial charge < -0.3 is 15.3 Å². The third-order valence-corrected chi connectivity index (χ3v) is 5.00. The average molecular weight is 324 g/mol. The number of carboxylic acid groups (broad SMARTS) is 1. The van der Waals surface area contributed by atoms with Crippen LogP contribution >= 0.6 is 0 Å². The Morgan fingerprint density at radius 1 is 1.09 bits per heavy atom. The molecule has 2 amide bonds. The van der Waals surface area contributed by atoms with E-state index in [1.54, 1.807) is 0 Å². The maximum absolute atomic E-state index is 12.7. The minimum atomic E-state index is -0.743. The van der Waals surface area contributed by atoms with Gasteiger partial charge >= 0.3 is 5.97 Å². The number of hydrogen-bond donors (Lipinski definition) is 2. The Hall–Kier alpha value is -1.59. The summed E-state index contributed by atoms with van der Waals surface area (Å²) in [5, 5.41) is 12.1. The largest absolute Gasteiger partial charge is 0.481 e. The zero-order chi connectivity index (χ0) is 16.8. The van der Waals surface area contributed by atoms with Gasteiger partial charge in [0.25, 0.3) is 0 Å². The standard InChI is InChI=1S/C17H28N2O4/c1-2-4-15(20)18-14-5-3-10-19(11-14)16(21)12-6-8-13(9-7-12)17(22)23/h12-14H,2-11H2,1H3,(H,18,20)(H,22,23). The van der Waals surface area contributed by atoms with Crippen molar-refractivity contribution in [1.82, 2.24) is 10.2 Å². The van der Waals surface area contributed by atoms with Gasteiger partial charge in [0.2, 0.25) is 11.8 Å². The van der Waals surface area contributed by atoms with Crippen molar-refractivity contribution in [1.29, 1.82) is 0 Å².